The second-order valence-corrected chi connectivity index (χ2v) is 5.52. The summed E-state index contributed by atoms with van der Waals surface area (Å²) in [6.07, 6.45) is 0. The van der Waals surface area contributed by atoms with Crippen molar-refractivity contribution < 1.29 is 4.74 Å². The number of hydrogen-bond acceptors (Lipinski definition) is 2. The SMILES string of the molecule is Cc1nn(C)c(Cl)c1COc1ccc(Br)cc1Cl. The van der Waals surface area contributed by atoms with Crippen LogP contribution in [0.25, 0.3) is 0 Å². The molecular formula is C12H11BrCl2N2O. The summed E-state index contributed by atoms with van der Waals surface area (Å²) in [6, 6.07) is 5.47. The van der Waals surface area contributed by atoms with Crippen molar-refractivity contribution in [2.75, 3.05) is 0 Å². The van der Waals surface area contributed by atoms with Gasteiger partial charge >= 0.3 is 0 Å². The molecule has 0 bridgehead atoms. The van der Waals surface area contributed by atoms with Crippen LogP contribution in [0.4, 0.5) is 0 Å². The lowest BCUT2D eigenvalue weighted by Gasteiger charge is -2.08. The van der Waals surface area contributed by atoms with Crippen molar-refractivity contribution in [1.82, 2.24) is 9.78 Å². The third kappa shape index (κ3) is 2.82. The molecule has 0 saturated carbocycles. The van der Waals surface area contributed by atoms with Gasteiger partial charge in [-0.05, 0) is 25.1 Å². The number of aryl methyl sites for hydroxylation is 2. The van der Waals surface area contributed by atoms with Gasteiger partial charge in [-0.15, -0.1) is 0 Å². The number of halogens is 3. The molecule has 0 aliphatic carbocycles. The maximum atomic E-state index is 6.13. The Morgan fingerprint density at radius 3 is 2.67 bits per heavy atom. The van der Waals surface area contributed by atoms with E-state index in [0.717, 1.165) is 15.7 Å². The first kappa shape index (κ1) is 13.7. The zero-order valence-corrected chi connectivity index (χ0v) is 13.0. The van der Waals surface area contributed by atoms with Gasteiger partial charge in [0.25, 0.3) is 0 Å². The highest BCUT2D eigenvalue weighted by molar-refractivity contribution is 9.10. The molecule has 0 aliphatic heterocycles. The summed E-state index contributed by atoms with van der Waals surface area (Å²) in [5.74, 6) is 0.624. The molecule has 6 heteroatoms. The van der Waals surface area contributed by atoms with Crippen LogP contribution in [0.2, 0.25) is 10.2 Å². The van der Waals surface area contributed by atoms with Crippen molar-refractivity contribution in [3.8, 4) is 5.75 Å². The van der Waals surface area contributed by atoms with Crippen molar-refractivity contribution in [1.29, 1.82) is 0 Å². The summed E-state index contributed by atoms with van der Waals surface area (Å²) in [5.41, 5.74) is 1.73. The van der Waals surface area contributed by atoms with Gasteiger partial charge in [-0.1, -0.05) is 39.1 Å². The summed E-state index contributed by atoms with van der Waals surface area (Å²) in [7, 11) is 1.80. The molecule has 1 aromatic heterocycles. The highest BCUT2D eigenvalue weighted by Gasteiger charge is 2.12. The van der Waals surface area contributed by atoms with Crippen LogP contribution in [-0.2, 0) is 13.7 Å². The maximum absolute atomic E-state index is 6.13. The van der Waals surface area contributed by atoms with Crippen LogP contribution in [0.1, 0.15) is 11.3 Å². The zero-order chi connectivity index (χ0) is 13.3. The lowest BCUT2D eigenvalue weighted by Crippen LogP contribution is -1.97. The standard InChI is InChI=1S/C12H11BrCl2N2O/c1-7-9(12(15)17(2)16-7)6-18-11-4-3-8(13)5-10(11)14/h3-5H,6H2,1-2H3. The van der Waals surface area contributed by atoms with E-state index in [-0.39, 0.29) is 0 Å². The molecular weight excluding hydrogens is 339 g/mol. The van der Waals surface area contributed by atoms with E-state index in [4.69, 9.17) is 27.9 Å². The largest absolute Gasteiger partial charge is 0.487 e. The summed E-state index contributed by atoms with van der Waals surface area (Å²) in [4.78, 5) is 0. The van der Waals surface area contributed by atoms with Crippen LogP contribution in [0, 0.1) is 6.92 Å². The average molecular weight is 350 g/mol. The highest BCUT2D eigenvalue weighted by atomic mass is 79.9. The van der Waals surface area contributed by atoms with E-state index in [0.29, 0.717) is 22.5 Å². The molecule has 3 nitrogen and oxygen atoms in total. The van der Waals surface area contributed by atoms with Gasteiger partial charge in [-0.3, -0.25) is 4.68 Å². The van der Waals surface area contributed by atoms with E-state index in [1.807, 2.05) is 19.1 Å². The average Bonchev–Trinajstić information content (AvgIpc) is 2.53. The molecule has 18 heavy (non-hydrogen) atoms. The Hall–Kier alpha value is -0.710. The Balaban J connectivity index is 2.16. The summed E-state index contributed by atoms with van der Waals surface area (Å²) < 4.78 is 8.20. The van der Waals surface area contributed by atoms with Gasteiger partial charge < -0.3 is 4.74 Å². The lowest BCUT2D eigenvalue weighted by atomic mass is 10.3. The fourth-order valence-electron chi connectivity index (χ4n) is 1.58. The summed E-state index contributed by atoms with van der Waals surface area (Å²) in [5, 5.41) is 5.37. The fraction of sp³-hybridized carbons (Fsp3) is 0.250. The van der Waals surface area contributed by atoms with Crippen LogP contribution in [0.3, 0.4) is 0 Å². The minimum absolute atomic E-state index is 0.347. The fourth-order valence-corrected chi connectivity index (χ4v) is 2.54. The van der Waals surface area contributed by atoms with E-state index < -0.39 is 0 Å². The van der Waals surface area contributed by atoms with Crippen molar-refractivity contribution in [3.63, 3.8) is 0 Å². The topological polar surface area (TPSA) is 27.1 Å². The van der Waals surface area contributed by atoms with Crippen LogP contribution >= 0.6 is 39.1 Å². The lowest BCUT2D eigenvalue weighted by molar-refractivity contribution is 0.305. The monoisotopic (exact) mass is 348 g/mol. The minimum atomic E-state index is 0.347. The van der Waals surface area contributed by atoms with Gasteiger partial charge in [0, 0.05) is 17.1 Å². The van der Waals surface area contributed by atoms with Crippen LogP contribution in [-0.4, -0.2) is 9.78 Å². The first-order chi connectivity index (χ1) is 8.49. The van der Waals surface area contributed by atoms with Gasteiger partial charge in [0.2, 0.25) is 0 Å². The molecule has 0 N–H and O–H groups in total. The summed E-state index contributed by atoms with van der Waals surface area (Å²) in [6.45, 7) is 2.24. The normalized spacial score (nSPS) is 10.7. The van der Waals surface area contributed by atoms with Crippen LogP contribution < -0.4 is 4.74 Å². The van der Waals surface area contributed by atoms with Crippen molar-refractivity contribution in [2.24, 2.45) is 7.05 Å². The minimum Gasteiger partial charge on any atom is -0.487 e. The maximum Gasteiger partial charge on any atom is 0.138 e. The van der Waals surface area contributed by atoms with Gasteiger partial charge in [0.15, 0.2) is 0 Å². The predicted molar refractivity (Wildman–Crippen MR) is 76.4 cm³/mol. The Labute approximate surface area is 124 Å². The molecule has 0 radical (unpaired) electrons. The van der Waals surface area contributed by atoms with E-state index in [2.05, 4.69) is 21.0 Å². The Morgan fingerprint density at radius 1 is 1.39 bits per heavy atom. The molecule has 0 aliphatic rings. The number of ether oxygens (including phenoxy) is 1. The molecule has 96 valence electrons. The molecule has 0 fully saturated rings. The molecule has 1 aromatic carbocycles. The number of aromatic nitrogens is 2. The van der Waals surface area contributed by atoms with E-state index in [9.17, 15) is 0 Å². The number of rotatable bonds is 3. The van der Waals surface area contributed by atoms with Crippen molar-refractivity contribution >= 4 is 39.1 Å². The Kier molecular flexibility index (Phi) is 4.20. The molecule has 0 amide bonds. The van der Waals surface area contributed by atoms with Crippen molar-refractivity contribution in [2.45, 2.75) is 13.5 Å². The van der Waals surface area contributed by atoms with Gasteiger partial charge in [0.05, 0.1) is 10.7 Å². The van der Waals surface area contributed by atoms with Crippen LogP contribution in [0.15, 0.2) is 22.7 Å². The summed E-state index contributed by atoms with van der Waals surface area (Å²) >= 11 is 15.5. The van der Waals surface area contributed by atoms with E-state index >= 15 is 0 Å². The molecule has 0 saturated heterocycles. The second kappa shape index (κ2) is 5.51. The molecule has 2 aromatic rings. The number of benzene rings is 1. The number of nitrogens with zero attached hydrogens (tertiary/aromatic N) is 2. The van der Waals surface area contributed by atoms with Crippen molar-refractivity contribution in [3.05, 3.63) is 44.1 Å². The van der Waals surface area contributed by atoms with Gasteiger partial charge in [0.1, 0.15) is 17.5 Å². The zero-order valence-electron chi connectivity index (χ0n) is 9.88. The Bertz CT molecular complexity index is 584. The Morgan fingerprint density at radius 2 is 2.11 bits per heavy atom. The molecule has 0 unspecified atom stereocenters. The van der Waals surface area contributed by atoms with Gasteiger partial charge in [-0.25, -0.2) is 0 Å². The highest BCUT2D eigenvalue weighted by Crippen LogP contribution is 2.29. The number of hydrogen-bond donors (Lipinski definition) is 0. The van der Waals surface area contributed by atoms with E-state index in [1.54, 1.807) is 17.8 Å². The van der Waals surface area contributed by atoms with E-state index in [1.165, 1.54) is 0 Å². The third-order valence-corrected chi connectivity index (χ3v) is 3.80. The molecule has 0 atom stereocenters. The second-order valence-electron chi connectivity index (χ2n) is 3.84. The van der Waals surface area contributed by atoms with Gasteiger partial charge in [-0.2, -0.15) is 5.10 Å². The first-order valence-electron chi connectivity index (χ1n) is 5.25. The smallest absolute Gasteiger partial charge is 0.138 e. The van der Waals surface area contributed by atoms with Crippen LogP contribution in [0.5, 0.6) is 5.75 Å². The third-order valence-electron chi connectivity index (χ3n) is 2.54. The molecule has 0 spiro atoms. The quantitative estimate of drug-likeness (QED) is 0.822. The first-order valence-corrected chi connectivity index (χ1v) is 6.79. The molecule has 1 heterocycles. The molecule has 2 rings (SSSR count). The predicted octanol–water partition coefficient (Wildman–Crippen LogP) is 4.38.